The Morgan fingerprint density at radius 1 is 1.35 bits per heavy atom. The van der Waals surface area contributed by atoms with Crippen LogP contribution in [-0.2, 0) is 0 Å². The Hall–Kier alpha value is -1.87. The molecule has 20 heavy (non-hydrogen) atoms. The number of nitro benzene ring substituents is 2. The topological polar surface area (TPSA) is 119 Å². The lowest BCUT2D eigenvalue weighted by molar-refractivity contribution is -0.393. The van der Waals surface area contributed by atoms with Crippen LogP contribution >= 0.6 is 11.8 Å². The summed E-state index contributed by atoms with van der Waals surface area (Å²) in [6, 6.07) is 3.20. The summed E-state index contributed by atoms with van der Waals surface area (Å²) in [5.41, 5.74) is -0.497. The van der Waals surface area contributed by atoms with E-state index >= 15 is 0 Å². The molecule has 9 heteroatoms. The maximum Gasteiger partial charge on any atom is 0.299 e. The van der Waals surface area contributed by atoms with Gasteiger partial charge in [-0.3, -0.25) is 20.2 Å². The van der Waals surface area contributed by atoms with Gasteiger partial charge < -0.3 is 10.4 Å². The van der Waals surface area contributed by atoms with Crippen molar-refractivity contribution in [3.63, 3.8) is 0 Å². The smallest absolute Gasteiger partial charge is 0.299 e. The van der Waals surface area contributed by atoms with Crippen LogP contribution in [-0.4, -0.2) is 39.1 Å². The number of rotatable bonds is 7. The minimum absolute atomic E-state index is 0.0733. The molecule has 0 heterocycles. The highest BCUT2D eigenvalue weighted by molar-refractivity contribution is 7.99. The number of thioether (sulfide) groups is 1. The van der Waals surface area contributed by atoms with Crippen LogP contribution in [0.25, 0.3) is 0 Å². The van der Waals surface area contributed by atoms with Crippen molar-refractivity contribution in [1.29, 1.82) is 0 Å². The highest BCUT2D eigenvalue weighted by Gasteiger charge is 2.22. The summed E-state index contributed by atoms with van der Waals surface area (Å²) in [6.45, 7) is 1.71. The normalized spacial score (nSPS) is 13.6. The first-order valence-corrected chi connectivity index (χ1v) is 7.02. The lowest BCUT2D eigenvalue weighted by atomic mass is 10.2. The molecule has 0 amide bonds. The Morgan fingerprint density at radius 2 is 2.00 bits per heavy atom. The van der Waals surface area contributed by atoms with Gasteiger partial charge in [0.25, 0.3) is 11.4 Å². The lowest BCUT2D eigenvalue weighted by Gasteiger charge is -2.22. The number of nitrogens with zero attached hydrogens (tertiary/aromatic N) is 2. The van der Waals surface area contributed by atoms with E-state index in [1.54, 1.807) is 6.92 Å². The minimum atomic E-state index is -0.682. The summed E-state index contributed by atoms with van der Waals surface area (Å²) < 4.78 is 0. The summed E-state index contributed by atoms with van der Waals surface area (Å²) in [4.78, 5) is 20.3. The van der Waals surface area contributed by atoms with Crippen LogP contribution in [0.2, 0.25) is 0 Å². The molecule has 8 nitrogen and oxygen atoms in total. The van der Waals surface area contributed by atoms with Crippen LogP contribution in [0.5, 0.6) is 0 Å². The molecule has 1 aromatic rings. The molecule has 1 rings (SSSR count). The third-order valence-electron chi connectivity index (χ3n) is 2.81. The Morgan fingerprint density at radius 3 is 2.45 bits per heavy atom. The maximum absolute atomic E-state index is 11.0. The van der Waals surface area contributed by atoms with Crippen LogP contribution in [0.3, 0.4) is 0 Å². The van der Waals surface area contributed by atoms with Gasteiger partial charge in [0.05, 0.1) is 22.5 Å². The highest BCUT2D eigenvalue weighted by Crippen LogP contribution is 2.30. The van der Waals surface area contributed by atoms with E-state index in [1.165, 1.54) is 23.9 Å². The molecule has 1 aromatic carbocycles. The largest absolute Gasteiger partial charge is 0.395 e. The highest BCUT2D eigenvalue weighted by atomic mass is 32.2. The summed E-state index contributed by atoms with van der Waals surface area (Å²) in [6.07, 6.45) is 1.82. The summed E-state index contributed by atoms with van der Waals surface area (Å²) >= 11 is 1.43. The number of non-ortho nitro benzene ring substituents is 1. The van der Waals surface area contributed by atoms with Crippen molar-refractivity contribution in [1.82, 2.24) is 0 Å². The molecule has 110 valence electrons. The number of benzene rings is 1. The van der Waals surface area contributed by atoms with Gasteiger partial charge in [0.1, 0.15) is 5.69 Å². The van der Waals surface area contributed by atoms with Crippen LogP contribution in [0.15, 0.2) is 18.2 Å². The molecule has 2 N–H and O–H groups in total. The van der Waals surface area contributed by atoms with Crippen LogP contribution in [0.4, 0.5) is 17.1 Å². The number of nitrogens with one attached hydrogen (secondary N) is 1. The fourth-order valence-corrected chi connectivity index (χ4v) is 2.31. The van der Waals surface area contributed by atoms with Crippen LogP contribution in [0.1, 0.15) is 6.92 Å². The van der Waals surface area contributed by atoms with E-state index < -0.39 is 9.85 Å². The van der Waals surface area contributed by atoms with E-state index in [0.29, 0.717) is 0 Å². The monoisotopic (exact) mass is 301 g/mol. The first kappa shape index (κ1) is 16.2. The molecule has 0 aliphatic heterocycles. The molecule has 0 aliphatic rings. The number of nitro groups is 2. The van der Waals surface area contributed by atoms with Crippen LogP contribution < -0.4 is 5.32 Å². The molecule has 0 saturated carbocycles. The zero-order valence-corrected chi connectivity index (χ0v) is 11.8. The van der Waals surface area contributed by atoms with Crippen molar-refractivity contribution >= 4 is 28.8 Å². The molecule has 0 radical (unpaired) electrons. The first-order valence-electron chi connectivity index (χ1n) is 5.73. The predicted molar refractivity (Wildman–Crippen MR) is 77.2 cm³/mol. The first-order chi connectivity index (χ1) is 9.40. The van der Waals surface area contributed by atoms with Crippen molar-refractivity contribution in [3.8, 4) is 0 Å². The molecular formula is C11H15N3O5S. The zero-order chi connectivity index (χ0) is 15.3. The standard InChI is InChI=1S/C11H15N3O5S/c1-7(11(6-15)20-2)12-9-4-3-8(13(16)17)5-10(9)14(18)19/h3-5,7,11-12,15H,6H2,1-2H3. The van der Waals surface area contributed by atoms with Gasteiger partial charge in [0.2, 0.25) is 0 Å². The summed E-state index contributed by atoms with van der Waals surface area (Å²) in [7, 11) is 0. The van der Waals surface area contributed by atoms with Crippen molar-refractivity contribution in [2.45, 2.75) is 18.2 Å². The van der Waals surface area contributed by atoms with Crippen molar-refractivity contribution in [2.24, 2.45) is 0 Å². The third-order valence-corrected chi connectivity index (χ3v) is 3.98. The van der Waals surface area contributed by atoms with Gasteiger partial charge in [0.15, 0.2) is 0 Å². The average Bonchev–Trinajstić information content (AvgIpc) is 2.39. The summed E-state index contributed by atoms with van der Waals surface area (Å²) in [5.74, 6) is 0. The summed E-state index contributed by atoms with van der Waals surface area (Å²) in [5, 5.41) is 33.6. The molecule has 0 saturated heterocycles. The van der Waals surface area contributed by atoms with Gasteiger partial charge in [-0.1, -0.05) is 0 Å². The maximum atomic E-state index is 11.0. The number of anilines is 1. The molecule has 2 atom stereocenters. The SMILES string of the molecule is CSC(CO)C(C)Nc1ccc([N+](=O)[O-])cc1[N+](=O)[O-]. The number of hydrogen-bond acceptors (Lipinski definition) is 7. The Balaban J connectivity index is 3.06. The van der Waals surface area contributed by atoms with Gasteiger partial charge in [-0.15, -0.1) is 0 Å². The van der Waals surface area contributed by atoms with Crippen molar-refractivity contribution in [3.05, 3.63) is 38.4 Å². The number of aliphatic hydroxyl groups is 1. The van der Waals surface area contributed by atoms with E-state index in [-0.39, 0.29) is 35.0 Å². The molecule has 2 unspecified atom stereocenters. The second-order valence-corrected chi connectivity index (χ2v) is 5.18. The van der Waals surface area contributed by atoms with Crippen molar-refractivity contribution in [2.75, 3.05) is 18.2 Å². The van der Waals surface area contributed by atoms with Crippen LogP contribution in [0, 0.1) is 20.2 Å². The molecule has 0 spiro atoms. The molecule has 0 bridgehead atoms. The van der Waals surface area contributed by atoms with E-state index in [9.17, 15) is 25.3 Å². The Bertz CT molecular complexity index is 507. The number of hydrogen-bond donors (Lipinski definition) is 2. The second-order valence-electron chi connectivity index (χ2n) is 4.11. The van der Waals surface area contributed by atoms with Gasteiger partial charge in [-0.05, 0) is 19.2 Å². The quantitative estimate of drug-likeness (QED) is 0.584. The van der Waals surface area contributed by atoms with Gasteiger partial charge >= 0.3 is 0 Å². The van der Waals surface area contributed by atoms with E-state index in [0.717, 1.165) is 6.07 Å². The second kappa shape index (κ2) is 7.06. The molecule has 0 aromatic heterocycles. The van der Waals surface area contributed by atoms with E-state index in [4.69, 9.17) is 0 Å². The van der Waals surface area contributed by atoms with Gasteiger partial charge in [-0.2, -0.15) is 11.8 Å². The fraction of sp³-hybridized carbons (Fsp3) is 0.455. The Kier molecular flexibility index (Phi) is 5.71. The third kappa shape index (κ3) is 3.81. The lowest BCUT2D eigenvalue weighted by Crippen LogP contribution is -2.31. The fourth-order valence-electron chi connectivity index (χ4n) is 1.68. The molecule has 0 aliphatic carbocycles. The van der Waals surface area contributed by atoms with Gasteiger partial charge in [-0.25, -0.2) is 0 Å². The Labute approximate surface area is 119 Å². The minimum Gasteiger partial charge on any atom is -0.395 e. The van der Waals surface area contributed by atoms with E-state index in [2.05, 4.69) is 5.32 Å². The zero-order valence-electron chi connectivity index (χ0n) is 11.0. The van der Waals surface area contributed by atoms with Crippen molar-refractivity contribution < 1.29 is 15.0 Å². The van der Waals surface area contributed by atoms with Gasteiger partial charge in [0, 0.05) is 17.4 Å². The predicted octanol–water partition coefficient (Wildman–Crippen LogP) is 2.03. The molecule has 0 fully saturated rings. The van der Waals surface area contributed by atoms with E-state index in [1.807, 2.05) is 6.26 Å². The number of aliphatic hydroxyl groups excluding tert-OH is 1. The molecular weight excluding hydrogens is 286 g/mol. The average molecular weight is 301 g/mol.